The number of carbonyl (C=O) groups excluding carboxylic acids is 1. The van der Waals surface area contributed by atoms with Crippen molar-refractivity contribution in [3.63, 3.8) is 0 Å². The minimum atomic E-state index is -4.76. The Kier molecular flexibility index (Phi) is 3.89. The van der Waals surface area contributed by atoms with Crippen LogP contribution in [0.1, 0.15) is 18.0 Å². The maximum absolute atomic E-state index is 13.0. The van der Waals surface area contributed by atoms with Gasteiger partial charge in [-0.15, -0.1) is 0 Å². The molecule has 8 heteroatoms. The van der Waals surface area contributed by atoms with Crippen molar-refractivity contribution in [2.75, 3.05) is 0 Å². The Hall–Kier alpha value is -2.12. The summed E-state index contributed by atoms with van der Waals surface area (Å²) in [6.45, 7) is 0. The molecule has 1 amide bonds. The molecule has 1 saturated carbocycles. The molecule has 2 N–H and O–H groups in total. The Morgan fingerprint density at radius 2 is 1.76 bits per heavy atom. The first kappa shape index (κ1) is 15.3. The van der Waals surface area contributed by atoms with E-state index in [1.165, 1.54) is 0 Å². The van der Waals surface area contributed by atoms with Gasteiger partial charge < -0.3 is 10.4 Å². The zero-order chi connectivity index (χ0) is 15.8. The number of amides is 1. The lowest BCUT2D eigenvalue weighted by Crippen LogP contribution is -2.39. The highest BCUT2D eigenvalue weighted by molar-refractivity contribution is 5.89. The molecule has 3 unspecified atom stereocenters. The summed E-state index contributed by atoms with van der Waals surface area (Å²) in [6.07, 6.45) is -4.74. The summed E-state index contributed by atoms with van der Waals surface area (Å²) in [7, 11) is 0. The van der Waals surface area contributed by atoms with Crippen LogP contribution < -0.4 is 5.32 Å². The Morgan fingerprint density at radius 3 is 2.19 bits per heavy atom. The van der Waals surface area contributed by atoms with E-state index in [-0.39, 0.29) is 12.0 Å². The van der Waals surface area contributed by atoms with Crippen molar-refractivity contribution in [3.05, 3.63) is 35.6 Å². The summed E-state index contributed by atoms with van der Waals surface area (Å²) < 4.78 is 51.7. The van der Waals surface area contributed by atoms with E-state index in [2.05, 4.69) is 0 Å². The molecular weight excluding hydrogens is 294 g/mol. The van der Waals surface area contributed by atoms with Crippen LogP contribution in [0, 0.1) is 17.7 Å². The fourth-order valence-electron chi connectivity index (χ4n) is 2.02. The third kappa shape index (κ3) is 3.50. The van der Waals surface area contributed by atoms with Gasteiger partial charge in [-0.25, -0.2) is 4.39 Å². The molecule has 0 heterocycles. The van der Waals surface area contributed by atoms with Crippen LogP contribution in [0.3, 0.4) is 0 Å². The molecule has 1 aliphatic rings. The fraction of sp³-hybridized carbons (Fsp3) is 0.385. The zero-order valence-corrected chi connectivity index (χ0v) is 10.5. The summed E-state index contributed by atoms with van der Waals surface area (Å²) in [5.41, 5.74) is -0.315. The first-order chi connectivity index (χ1) is 9.70. The molecule has 0 spiro atoms. The summed E-state index contributed by atoms with van der Waals surface area (Å²) in [5.74, 6) is -4.76. The average Bonchev–Trinajstić information content (AvgIpc) is 3.16. The average molecular weight is 305 g/mol. The van der Waals surface area contributed by atoms with E-state index in [1.54, 1.807) is 5.32 Å². The van der Waals surface area contributed by atoms with Gasteiger partial charge >= 0.3 is 12.1 Å². The fourth-order valence-corrected chi connectivity index (χ4v) is 2.02. The second-order valence-electron chi connectivity index (χ2n) is 4.82. The topological polar surface area (TPSA) is 66.4 Å². The maximum atomic E-state index is 13.0. The molecule has 114 valence electrons. The van der Waals surface area contributed by atoms with E-state index in [9.17, 15) is 27.2 Å². The molecule has 4 nitrogen and oxygen atoms in total. The van der Waals surface area contributed by atoms with Crippen LogP contribution in [-0.2, 0) is 9.59 Å². The molecule has 21 heavy (non-hydrogen) atoms. The first-order valence-electron chi connectivity index (χ1n) is 6.05. The van der Waals surface area contributed by atoms with Crippen molar-refractivity contribution in [2.45, 2.75) is 18.6 Å². The van der Waals surface area contributed by atoms with E-state index < -0.39 is 41.7 Å². The van der Waals surface area contributed by atoms with Crippen molar-refractivity contribution in [3.8, 4) is 0 Å². The Labute approximate surface area is 116 Å². The van der Waals surface area contributed by atoms with Gasteiger partial charge in [0.1, 0.15) is 5.82 Å². The van der Waals surface area contributed by atoms with Gasteiger partial charge in [-0.05, 0) is 24.1 Å². The van der Waals surface area contributed by atoms with Crippen LogP contribution in [0.2, 0.25) is 0 Å². The number of benzene rings is 1. The van der Waals surface area contributed by atoms with Crippen molar-refractivity contribution >= 4 is 11.9 Å². The molecular formula is C13H11F4NO3. The molecule has 0 aromatic heterocycles. The van der Waals surface area contributed by atoms with Crippen molar-refractivity contribution in [1.29, 1.82) is 0 Å². The highest BCUT2D eigenvalue weighted by Gasteiger charge is 2.51. The number of halogens is 4. The number of alkyl halides is 3. The first-order valence-corrected chi connectivity index (χ1v) is 6.05. The number of hydrogen-bond donors (Lipinski definition) is 2. The highest BCUT2D eigenvalue weighted by Crippen LogP contribution is 2.40. The predicted octanol–water partition coefficient (Wildman–Crippen LogP) is 2.27. The van der Waals surface area contributed by atoms with E-state index in [4.69, 9.17) is 5.11 Å². The zero-order valence-electron chi connectivity index (χ0n) is 10.5. The molecule has 1 aromatic carbocycles. The van der Waals surface area contributed by atoms with Crippen molar-refractivity contribution in [2.24, 2.45) is 11.8 Å². The van der Waals surface area contributed by atoms with Gasteiger partial charge in [0, 0.05) is 0 Å². The van der Waals surface area contributed by atoms with Crippen molar-refractivity contribution in [1.82, 2.24) is 5.32 Å². The molecule has 1 aliphatic carbocycles. The Balaban J connectivity index is 2.13. The standard InChI is InChI=1S/C13H11F4NO3/c14-7-3-1-6(2-4-7)10(13(15,16)17)18-11(19)8-5-9(8)12(20)21/h1-4,8-10H,5H2,(H,18,19)(H,20,21). The van der Waals surface area contributed by atoms with E-state index in [1.807, 2.05) is 0 Å². The van der Waals surface area contributed by atoms with Gasteiger partial charge in [-0.1, -0.05) is 12.1 Å². The lowest BCUT2D eigenvalue weighted by molar-refractivity contribution is -0.164. The minimum absolute atomic E-state index is 0.0230. The molecule has 1 aromatic rings. The monoisotopic (exact) mass is 305 g/mol. The van der Waals surface area contributed by atoms with E-state index in [0.29, 0.717) is 0 Å². The largest absolute Gasteiger partial charge is 0.481 e. The number of rotatable bonds is 4. The third-order valence-corrected chi connectivity index (χ3v) is 3.26. The number of carboxylic acid groups (broad SMARTS) is 1. The van der Waals surface area contributed by atoms with E-state index in [0.717, 1.165) is 24.3 Å². The summed E-state index contributed by atoms with van der Waals surface area (Å²) in [4.78, 5) is 22.3. The van der Waals surface area contributed by atoms with Crippen LogP contribution in [0.4, 0.5) is 17.6 Å². The van der Waals surface area contributed by atoms with Gasteiger partial charge in [0.05, 0.1) is 11.8 Å². The Morgan fingerprint density at radius 1 is 1.19 bits per heavy atom. The number of hydrogen-bond acceptors (Lipinski definition) is 2. The van der Waals surface area contributed by atoms with Crippen LogP contribution in [-0.4, -0.2) is 23.2 Å². The lowest BCUT2D eigenvalue weighted by Gasteiger charge is -2.22. The van der Waals surface area contributed by atoms with Crippen LogP contribution >= 0.6 is 0 Å². The van der Waals surface area contributed by atoms with Gasteiger partial charge in [0.2, 0.25) is 5.91 Å². The third-order valence-electron chi connectivity index (χ3n) is 3.26. The SMILES string of the molecule is O=C(O)C1CC1C(=O)NC(c1ccc(F)cc1)C(F)(F)F. The molecule has 3 atom stereocenters. The van der Waals surface area contributed by atoms with Crippen LogP contribution in [0.15, 0.2) is 24.3 Å². The van der Waals surface area contributed by atoms with Gasteiger partial charge in [-0.3, -0.25) is 9.59 Å². The number of nitrogens with one attached hydrogen (secondary N) is 1. The normalized spacial score (nSPS) is 22.5. The van der Waals surface area contributed by atoms with Gasteiger partial charge in [0.25, 0.3) is 0 Å². The minimum Gasteiger partial charge on any atom is -0.481 e. The number of carboxylic acids is 1. The smallest absolute Gasteiger partial charge is 0.412 e. The van der Waals surface area contributed by atoms with Gasteiger partial charge in [-0.2, -0.15) is 13.2 Å². The Bertz CT molecular complexity index is 556. The van der Waals surface area contributed by atoms with Crippen molar-refractivity contribution < 1.29 is 32.3 Å². The molecule has 0 aliphatic heterocycles. The number of carbonyl (C=O) groups is 2. The van der Waals surface area contributed by atoms with Crippen LogP contribution in [0.25, 0.3) is 0 Å². The summed E-state index contributed by atoms with van der Waals surface area (Å²) in [6, 6.07) is 1.28. The molecule has 0 saturated heterocycles. The summed E-state index contributed by atoms with van der Waals surface area (Å²) in [5, 5.41) is 10.5. The maximum Gasteiger partial charge on any atom is 0.412 e. The van der Waals surface area contributed by atoms with Gasteiger partial charge in [0.15, 0.2) is 6.04 Å². The lowest BCUT2D eigenvalue weighted by atomic mass is 10.1. The van der Waals surface area contributed by atoms with Crippen LogP contribution in [0.5, 0.6) is 0 Å². The molecule has 1 fully saturated rings. The predicted molar refractivity (Wildman–Crippen MR) is 62.6 cm³/mol. The number of aliphatic carboxylic acids is 1. The molecule has 2 rings (SSSR count). The van der Waals surface area contributed by atoms with E-state index >= 15 is 0 Å². The molecule has 0 bridgehead atoms. The second-order valence-corrected chi connectivity index (χ2v) is 4.82. The molecule has 0 radical (unpaired) electrons. The second kappa shape index (κ2) is 5.34. The summed E-state index contributed by atoms with van der Waals surface area (Å²) >= 11 is 0. The quantitative estimate of drug-likeness (QED) is 0.839. The highest BCUT2D eigenvalue weighted by atomic mass is 19.4.